The van der Waals surface area contributed by atoms with Gasteiger partial charge in [-0.2, -0.15) is 0 Å². The molecule has 3 amide bonds. The third kappa shape index (κ3) is 5.51. The lowest BCUT2D eigenvalue weighted by atomic mass is 10.1. The van der Waals surface area contributed by atoms with Gasteiger partial charge in [0.2, 0.25) is 5.91 Å². The van der Waals surface area contributed by atoms with Crippen LogP contribution >= 0.6 is 0 Å². The van der Waals surface area contributed by atoms with Crippen LogP contribution in [0.5, 0.6) is 0 Å². The molecule has 0 aliphatic heterocycles. The Balaban J connectivity index is 2.06. The van der Waals surface area contributed by atoms with Crippen LogP contribution in [0.25, 0.3) is 0 Å². The van der Waals surface area contributed by atoms with E-state index in [9.17, 15) is 18.4 Å². The summed E-state index contributed by atoms with van der Waals surface area (Å²) in [6.45, 7) is 7.06. The fourth-order valence-electron chi connectivity index (χ4n) is 2.34. The number of amides is 3. The molecule has 0 saturated carbocycles. The molecule has 144 valence electrons. The van der Waals surface area contributed by atoms with Crippen LogP contribution in [0, 0.1) is 24.5 Å². The first-order valence-electron chi connectivity index (χ1n) is 8.61. The van der Waals surface area contributed by atoms with E-state index >= 15 is 0 Å². The number of hydrogen-bond acceptors (Lipinski definition) is 2. The highest BCUT2D eigenvalue weighted by Gasteiger charge is 2.14. The molecule has 27 heavy (non-hydrogen) atoms. The predicted molar refractivity (Wildman–Crippen MR) is 102 cm³/mol. The minimum Gasteiger partial charge on any atom is -0.331 e. The number of halogens is 2. The van der Waals surface area contributed by atoms with Gasteiger partial charge < -0.3 is 16.0 Å². The first-order chi connectivity index (χ1) is 12.7. The van der Waals surface area contributed by atoms with Crippen molar-refractivity contribution in [3.05, 3.63) is 59.2 Å². The van der Waals surface area contributed by atoms with Gasteiger partial charge in [-0.3, -0.25) is 4.79 Å². The topological polar surface area (TPSA) is 70.2 Å². The lowest BCUT2D eigenvalue weighted by Gasteiger charge is -2.17. The summed E-state index contributed by atoms with van der Waals surface area (Å²) >= 11 is 0. The molecule has 0 unspecified atom stereocenters. The van der Waals surface area contributed by atoms with Gasteiger partial charge >= 0.3 is 6.03 Å². The molecule has 0 aromatic heterocycles. The van der Waals surface area contributed by atoms with Gasteiger partial charge in [-0.1, -0.05) is 26.0 Å². The van der Waals surface area contributed by atoms with Crippen molar-refractivity contribution in [2.24, 2.45) is 5.92 Å². The fourth-order valence-corrected chi connectivity index (χ4v) is 2.34. The molecule has 0 bridgehead atoms. The molecule has 0 aliphatic rings. The Bertz CT molecular complexity index is 853. The molecular weight excluding hydrogens is 352 g/mol. The third-order valence-electron chi connectivity index (χ3n) is 4.07. The number of urea groups is 1. The fraction of sp³-hybridized carbons (Fsp3) is 0.300. The number of aryl methyl sites for hydroxylation is 1. The molecule has 0 saturated heterocycles. The molecule has 2 rings (SSSR count). The molecule has 0 heterocycles. The highest BCUT2D eigenvalue weighted by molar-refractivity contribution is 5.94. The minimum absolute atomic E-state index is 0.124. The predicted octanol–water partition coefficient (Wildman–Crippen LogP) is 4.75. The Morgan fingerprint density at radius 1 is 0.926 bits per heavy atom. The summed E-state index contributed by atoms with van der Waals surface area (Å²) in [6.07, 6.45) is 0. The normalized spacial score (nSPS) is 11.8. The molecule has 0 fully saturated rings. The van der Waals surface area contributed by atoms with Crippen LogP contribution in [0.2, 0.25) is 0 Å². The van der Waals surface area contributed by atoms with Crippen LogP contribution in [0.15, 0.2) is 36.4 Å². The third-order valence-corrected chi connectivity index (χ3v) is 4.07. The highest BCUT2D eigenvalue weighted by Crippen LogP contribution is 2.21. The number of rotatable bonds is 5. The number of benzene rings is 2. The van der Waals surface area contributed by atoms with E-state index in [0.717, 1.165) is 17.7 Å². The molecule has 1 atom stereocenters. The lowest BCUT2D eigenvalue weighted by molar-refractivity contribution is -0.118. The second-order valence-electron chi connectivity index (χ2n) is 6.67. The maximum Gasteiger partial charge on any atom is 0.319 e. The zero-order valence-corrected chi connectivity index (χ0v) is 15.7. The Labute approximate surface area is 157 Å². The summed E-state index contributed by atoms with van der Waals surface area (Å²) in [4.78, 5) is 24.1. The van der Waals surface area contributed by atoms with Gasteiger partial charge in [0.1, 0.15) is 0 Å². The van der Waals surface area contributed by atoms with E-state index in [0.29, 0.717) is 16.9 Å². The summed E-state index contributed by atoms with van der Waals surface area (Å²) in [7, 11) is 0. The highest BCUT2D eigenvalue weighted by atomic mass is 19.2. The maximum absolute atomic E-state index is 13.3. The molecule has 0 aliphatic carbocycles. The van der Waals surface area contributed by atoms with Gasteiger partial charge in [-0.05, 0) is 49.2 Å². The van der Waals surface area contributed by atoms with Crippen LogP contribution in [-0.2, 0) is 4.79 Å². The molecule has 0 spiro atoms. The zero-order chi connectivity index (χ0) is 20.1. The first kappa shape index (κ1) is 20.4. The SMILES string of the molecule is Cc1ccc(NC(=O)C(C)C)cc1NC(=O)N[C@H](C)c1ccc(F)c(F)c1. The summed E-state index contributed by atoms with van der Waals surface area (Å²) in [5, 5.41) is 8.15. The number of carbonyl (C=O) groups excluding carboxylic acids is 2. The van der Waals surface area contributed by atoms with Gasteiger partial charge in [-0.15, -0.1) is 0 Å². The van der Waals surface area contributed by atoms with Gasteiger partial charge in [0, 0.05) is 17.3 Å². The quantitative estimate of drug-likeness (QED) is 0.706. The van der Waals surface area contributed by atoms with E-state index in [-0.39, 0.29) is 11.8 Å². The second-order valence-corrected chi connectivity index (χ2v) is 6.67. The van der Waals surface area contributed by atoms with Gasteiger partial charge in [-0.25, -0.2) is 13.6 Å². The summed E-state index contributed by atoms with van der Waals surface area (Å²) < 4.78 is 26.4. The number of anilines is 2. The summed E-state index contributed by atoms with van der Waals surface area (Å²) in [5.74, 6) is -2.19. The average molecular weight is 375 g/mol. The van der Waals surface area contributed by atoms with Crippen molar-refractivity contribution in [1.82, 2.24) is 5.32 Å². The smallest absolute Gasteiger partial charge is 0.319 e. The monoisotopic (exact) mass is 375 g/mol. The molecule has 5 nitrogen and oxygen atoms in total. The van der Waals surface area contributed by atoms with E-state index in [2.05, 4.69) is 16.0 Å². The Kier molecular flexibility index (Phi) is 6.50. The second kappa shape index (κ2) is 8.62. The minimum atomic E-state index is -0.967. The van der Waals surface area contributed by atoms with Crippen molar-refractivity contribution < 1.29 is 18.4 Å². The van der Waals surface area contributed by atoms with E-state index in [1.54, 1.807) is 39.0 Å². The van der Waals surface area contributed by atoms with Crippen LogP contribution < -0.4 is 16.0 Å². The molecule has 2 aromatic carbocycles. The largest absolute Gasteiger partial charge is 0.331 e. The van der Waals surface area contributed by atoms with E-state index in [1.165, 1.54) is 6.07 Å². The standard InChI is InChI=1S/C20H23F2N3O2/c1-11(2)19(26)24-15-7-5-12(3)18(10-15)25-20(27)23-13(4)14-6-8-16(21)17(22)9-14/h5-11,13H,1-4H3,(H,24,26)(H2,23,25,27)/t13-/m1/s1. The average Bonchev–Trinajstić information content (AvgIpc) is 2.59. The van der Waals surface area contributed by atoms with Gasteiger partial charge in [0.15, 0.2) is 11.6 Å². The van der Waals surface area contributed by atoms with Crippen molar-refractivity contribution >= 4 is 23.3 Å². The van der Waals surface area contributed by atoms with Crippen molar-refractivity contribution in [1.29, 1.82) is 0 Å². The van der Waals surface area contributed by atoms with Gasteiger partial charge in [0.05, 0.1) is 6.04 Å². The van der Waals surface area contributed by atoms with Crippen LogP contribution in [0.4, 0.5) is 25.0 Å². The molecule has 3 N–H and O–H groups in total. The van der Waals surface area contributed by atoms with E-state index in [4.69, 9.17) is 0 Å². The molecule has 7 heteroatoms. The number of hydrogen-bond donors (Lipinski definition) is 3. The Morgan fingerprint density at radius 2 is 1.63 bits per heavy atom. The van der Waals surface area contributed by atoms with Gasteiger partial charge in [0.25, 0.3) is 0 Å². The summed E-state index contributed by atoms with van der Waals surface area (Å²) in [6, 6.07) is 7.66. The van der Waals surface area contributed by atoms with Crippen LogP contribution in [0.3, 0.4) is 0 Å². The first-order valence-corrected chi connectivity index (χ1v) is 8.61. The van der Waals surface area contributed by atoms with E-state index in [1.807, 2.05) is 6.92 Å². The number of nitrogens with one attached hydrogen (secondary N) is 3. The van der Waals surface area contributed by atoms with Crippen molar-refractivity contribution in [3.63, 3.8) is 0 Å². The van der Waals surface area contributed by atoms with Crippen LogP contribution in [-0.4, -0.2) is 11.9 Å². The number of carbonyl (C=O) groups is 2. The molecular formula is C20H23F2N3O2. The van der Waals surface area contributed by atoms with Crippen LogP contribution in [0.1, 0.15) is 37.9 Å². The molecule has 0 radical (unpaired) electrons. The van der Waals surface area contributed by atoms with E-state index < -0.39 is 23.7 Å². The molecule has 2 aromatic rings. The van der Waals surface area contributed by atoms with Crippen molar-refractivity contribution in [3.8, 4) is 0 Å². The Hall–Kier alpha value is -2.96. The van der Waals surface area contributed by atoms with Crippen molar-refractivity contribution in [2.75, 3.05) is 10.6 Å². The zero-order valence-electron chi connectivity index (χ0n) is 15.7. The van der Waals surface area contributed by atoms with Crippen molar-refractivity contribution in [2.45, 2.75) is 33.7 Å². The summed E-state index contributed by atoms with van der Waals surface area (Å²) in [5.41, 5.74) is 2.36. The Morgan fingerprint density at radius 3 is 2.26 bits per heavy atom. The maximum atomic E-state index is 13.3. The lowest BCUT2D eigenvalue weighted by Crippen LogP contribution is -2.31.